The van der Waals surface area contributed by atoms with E-state index < -0.39 is 0 Å². The first-order valence-electron chi connectivity index (χ1n) is 5.22. The molecule has 0 atom stereocenters. The van der Waals surface area contributed by atoms with Crippen LogP contribution in [0.1, 0.15) is 27.2 Å². The molecule has 0 aliphatic heterocycles. The minimum absolute atomic E-state index is 0.200. The van der Waals surface area contributed by atoms with Gasteiger partial charge in [0.25, 0.3) is 0 Å². The molecule has 0 aromatic carbocycles. The Bertz CT molecular complexity index is 183. The molecule has 0 aromatic heterocycles. The van der Waals surface area contributed by atoms with Crippen molar-refractivity contribution in [2.75, 3.05) is 19.8 Å². The van der Waals surface area contributed by atoms with E-state index in [9.17, 15) is 4.79 Å². The fourth-order valence-corrected chi connectivity index (χ4v) is 0.997. The van der Waals surface area contributed by atoms with Crippen molar-refractivity contribution < 1.29 is 19.0 Å². The Morgan fingerprint density at radius 2 is 1.80 bits per heavy atom. The normalized spacial score (nSPS) is 11.2. The van der Waals surface area contributed by atoms with Gasteiger partial charge in [-0.3, -0.25) is 4.79 Å². The van der Waals surface area contributed by atoms with Gasteiger partial charge in [-0.2, -0.15) is 0 Å². The standard InChI is InChI=1S/C11H20O4/c1-4-13-11(14-5-2)8-6-7-9-15-10(3)12/h6-7,11H,4-5,8-9H2,1-3H3/b7-6+. The zero-order valence-corrected chi connectivity index (χ0v) is 9.69. The van der Waals surface area contributed by atoms with Crippen molar-refractivity contribution in [1.29, 1.82) is 0 Å². The molecule has 0 amide bonds. The highest BCUT2D eigenvalue weighted by atomic mass is 16.7. The highest BCUT2D eigenvalue weighted by molar-refractivity contribution is 5.65. The maximum absolute atomic E-state index is 10.4. The molecule has 0 radical (unpaired) electrons. The zero-order valence-electron chi connectivity index (χ0n) is 9.69. The molecule has 4 nitrogen and oxygen atoms in total. The van der Waals surface area contributed by atoms with Crippen LogP contribution in [0.15, 0.2) is 12.2 Å². The summed E-state index contributed by atoms with van der Waals surface area (Å²) < 4.78 is 15.4. The van der Waals surface area contributed by atoms with E-state index in [4.69, 9.17) is 14.2 Å². The van der Waals surface area contributed by atoms with Gasteiger partial charge in [-0.25, -0.2) is 0 Å². The van der Waals surface area contributed by atoms with E-state index in [2.05, 4.69) is 0 Å². The van der Waals surface area contributed by atoms with Gasteiger partial charge in [-0.05, 0) is 13.8 Å². The number of rotatable bonds is 8. The van der Waals surface area contributed by atoms with Crippen LogP contribution in [0.4, 0.5) is 0 Å². The lowest BCUT2D eigenvalue weighted by atomic mass is 10.3. The van der Waals surface area contributed by atoms with Crippen molar-refractivity contribution in [3.05, 3.63) is 12.2 Å². The van der Waals surface area contributed by atoms with Crippen molar-refractivity contribution in [2.24, 2.45) is 0 Å². The Hall–Kier alpha value is -0.870. The van der Waals surface area contributed by atoms with Crippen LogP contribution < -0.4 is 0 Å². The number of carbonyl (C=O) groups excluding carboxylic acids is 1. The Balaban J connectivity index is 3.62. The first-order valence-corrected chi connectivity index (χ1v) is 5.22. The third-order valence-corrected chi connectivity index (χ3v) is 1.58. The Morgan fingerprint density at radius 1 is 1.20 bits per heavy atom. The number of ether oxygens (including phenoxy) is 3. The van der Waals surface area contributed by atoms with Crippen molar-refractivity contribution >= 4 is 5.97 Å². The van der Waals surface area contributed by atoms with E-state index in [0.717, 1.165) is 0 Å². The summed E-state index contributed by atoms with van der Waals surface area (Å²) in [4.78, 5) is 10.4. The molecule has 15 heavy (non-hydrogen) atoms. The lowest BCUT2D eigenvalue weighted by Crippen LogP contribution is -2.16. The van der Waals surface area contributed by atoms with Gasteiger partial charge in [0.1, 0.15) is 6.61 Å². The first kappa shape index (κ1) is 14.1. The van der Waals surface area contributed by atoms with Gasteiger partial charge >= 0.3 is 5.97 Å². The molecule has 0 N–H and O–H groups in total. The molecule has 0 saturated heterocycles. The molecule has 0 aromatic rings. The molecule has 0 aliphatic rings. The second kappa shape index (κ2) is 9.68. The summed E-state index contributed by atoms with van der Waals surface area (Å²) in [5, 5.41) is 0. The monoisotopic (exact) mass is 216 g/mol. The molecule has 0 unspecified atom stereocenters. The van der Waals surface area contributed by atoms with E-state index >= 15 is 0 Å². The Kier molecular flexibility index (Phi) is 9.11. The fourth-order valence-electron chi connectivity index (χ4n) is 0.997. The van der Waals surface area contributed by atoms with E-state index in [-0.39, 0.29) is 12.3 Å². The van der Waals surface area contributed by atoms with Gasteiger partial charge in [0.15, 0.2) is 6.29 Å². The zero-order chi connectivity index (χ0) is 11.5. The third-order valence-electron chi connectivity index (χ3n) is 1.58. The second-order valence-electron chi connectivity index (χ2n) is 2.85. The molecular formula is C11H20O4. The predicted octanol–water partition coefficient (Wildman–Crippen LogP) is 1.89. The lowest BCUT2D eigenvalue weighted by Gasteiger charge is -2.14. The van der Waals surface area contributed by atoms with Crippen molar-refractivity contribution in [3.8, 4) is 0 Å². The minimum atomic E-state index is -0.272. The first-order chi connectivity index (χ1) is 7.20. The van der Waals surface area contributed by atoms with Crippen LogP contribution in [0.25, 0.3) is 0 Å². The van der Waals surface area contributed by atoms with Gasteiger partial charge in [0.05, 0.1) is 0 Å². The van der Waals surface area contributed by atoms with Gasteiger partial charge in [0.2, 0.25) is 0 Å². The molecule has 0 heterocycles. The Morgan fingerprint density at radius 3 is 2.27 bits per heavy atom. The summed E-state index contributed by atoms with van der Waals surface area (Å²) in [6, 6.07) is 0. The van der Waals surface area contributed by atoms with Crippen molar-refractivity contribution in [3.63, 3.8) is 0 Å². The van der Waals surface area contributed by atoms with Crippen LogP contribution in [0, 0.1) is 0 Å². The predicted molar refractivity (Wildman–Crippen MR) is 57.4 cm³/mol. The summed E-state index contributed by atoms with van der Waals surface area (Å²) in [5.41, 5.74) is 0. The van der Waals surface area contributed by atoms with Crippen molar-refractivity contribution in [2.45, 2.75) is 33.5 Å². The molecule has 88 valence electrons. The second-order valence-corrected chi connectivity index (χ2v) is 2.85. The van der Waals surface area contributed by atoms with Gasteiger partial charge in [-0.1, -0.05) is 12.2 Å². The third kappa shape index (κ3) is 9.43. The molecule has 0 rings (SSSR count). The van der Waals surface area contributed by atoms with Crippen LogP contribution in [0.2, 0.25) is 0 Å². The molecule has 0 aliphatic carbocycles. The van der Waals surface area contributed by atoms with E-state index in [1.54, 1.807) is 6.08 Å². The average molecular weight is 216 g/mol. The number of hydrogen-bond acceptors (Lipinski definition) is 4. The maximum atomic E-state index is 10.4. The van der Waals surface area contributed by atoms with Crippen molar-refractivity contribution in [1.82, 2.24) is 0 Å². The van der Waals surface area contributed by atoms with E-state index in [0.29, 0.717) is 26.2 Å². The molecule has 0 fully saturated rings. The van der Waals surface area contributed by atoms with Gasteiger partial charge < -0.3 is 14.2 Å². The van der Waals surface area contributed by atoms with Crippen LogP contribution in [-0.4, -0.2) is 32.1 Å². The Labute approximate surface area is 91.2 Å². The molecule has 0 bridgehead atoms. The van der Waals surface area contributed by atoms with Crippen LogP contribution in [0.5, 0.6) is 0 Å². The SMILES string of the molecule is CCOC(C/C=C/COC(C)=O)OCC. The number of hydrogen-bond donors (Lipinski definition) is 0. The topological polar surface area (TPSA) is 44.8 Å². The van der Waals surface area contributed by atoms with E-state index in [1.807, 2.05) is 19.9 Å². The largest absolute Gasteiger partial charge is 0.462 e. The van der Waals surface area contributed by atoms with Crippen LogP contribution >= 0.6 is 0 Å². The average Bonchev–Trinajstić information content (AvgIpc) is 2.17. The number of esters is 1. The molecule has 0 saturated carbocycles. The van der Waals surface area contributed by atoms with Gasteiger partial charge in [0, 0.05) is 26.6 Å². The molecule has 4 heteroatoms. The molecular weight excluding hydrogens is 196 g/mol. The van der Waals surface area contributed by atoms with Crippen LogP contribution in [-0.2, 0) is 19.0 Å². The summed E-state index contributed by atoms with van der Waals surface area (Å²) in [6.07, 6.45) is 4.14. The summed E-state index contributed by atoms with van der Waals surface area (Å²) >= 11 is 0. The van der Waals surface area contributed by atoms with E-state index in [1.165, 1.54) is 6.92 Å². The fraction of sp³-hybridized carbons (Fsp3) is 0.727. The summed E-state index contributed by atoms with van der Waals surface area (Å²) in [7, 11) is 0. The van der Waals surface area contributed by atoms with Crippen LogP contribution in [0.3, 0.4) is 0 Å². The highest BCUT2D eigenvalue weighted by Gasteiger charge is 2.03. The number of carbonyl (C=O) groups is 1. The molecule has 0 spiro atoms. The summed E-state index contributed by atoms with van der Waals surface area (Å²) in [6.45, 7) is 6.80. The lowest BCUT2D eigenvalue weighted by molar-refractivity contribution is -0.139. The quantitative estimate of drug-likeness (QED) is 0.353. The smallest absolute Gasteiger partial charge is 0.302 e. The minimum Gasteiger partial charge on any atom is -0.462 e. The highest BCUT2D eigenvalue weighted by Crippen LogP contribution is 2.01. The van der Waals surface area contributed by atoms with Gasteiger partial charge in [-0.15, -0.1) is 0 Å². The summed E-state index contributed by atoms with van der Waals surface area (Å²) in [5.74, 6) is -0.272. The maximum Gasteiger partial charge on any atom is 0.302 e.